The molecule has 0 spiro atoms. The summed E-state index contributed by atoms with van der Waals surface area (Å²) in [4.78, 5) is 23.8. The lowest BCUT2D eigenvalue weighted by Gasteiger charge is -2.31. The van der Waals surface area contributed by atoms with Crippen LogP contribution in [0.4, 0.5) is 5.82 Å². The highest BCUT2D eigenvalue weighted by Crippen LogP contribution is 2.32. The van der Waals surface area contributed by atoms with E-state index >= 15 is 0 Å². The van der Waals surface area contributed by atoms with Gasteiger partial charge in [-0.25, -0.2) is 4.98 Å². The van der Waals surface area contributed by atoms with E-state index in [1.807, 2.05) is 23.1 Å². The minimum Gasteiger partial charge on any atom is -0.496 e. The third kappa shape index (κ3) is 4.64. The van der Waals surface area contributed by atoms with Crippen molar-refractivity contribution < 1.29 is 14.3 Å². The molecule has 9 nitrogen and oxygen atoms in total. The maximum atomic E-state index is 13.1. The minimum atomic E-state index is -0.103. The number of pyridine rings is 2. The molecule has 34 heavy (non-hydrogen) atoms. The van der Waals surface area contributed by atoms with Crippen molar-refractivity contribution in [3.63, 3.8) is 0 Å². The number of hydrogen-bond donors (Lipinski definition) is 1. The number of anilines is 1. The second-order valence-electron chi connectivity index (χ2n) is 8.78. The van der Waals surface area contributed by atoms with Crippen molar-refractivity contribution in [3.8, 4) is 22.8 Å². The van der Waals surface area contributed by atoms with E-state index in [4.69, 9.17) is 15.2 Å². The highest BCUT2D eigenvalue weighted by Gasteiger charge is 2.27. The van der Waals surface area contributed by atoms with E-state index in [0.717, 1.165) is 42.5 Å². The van der Waals surface area contributed by atoms with E-state index in [9.17, 15) is 4.79 Å². The van der Waals surface area contributed by atoms with Gasteiger partial charge in [0.25, 0.3) is 5.91 Å². The van der Waals surface area contributed by atoms with Crippen LogP contribution in [0.5, 0.6) is 11.6 Å². The molecular formula is C25H28N6O3. The van der Waals surface area contributed by atoms with Gasteiger partial charge in [0.15, 0.2) is 0 Å². The molecule has 1 saturated heterocycles. The predicted molar refractivity (Wildman–Crippen MR) is 127 cm³/mol. The first kappa shape index (κ1) is 22.1. The van der Waals surface area contributed by atoms with E-state index in [1.54, 1.807) is 31.6 Å². The van der Waals surface area contributed by atoms with Crippen LogP contribution in [0.1, 0.15) is 54.2 Å². The van der Waals surface area contributed by atoms with Gasteiger partial charge in [0, 0.05) is 54.7 Å². The van der Waals surface area contributed by atoms with Crippen molar-refractivity contribution in [2.24, 2.45) is 0 Å². The normalized spacial score (nSPS) is 16.7. The maximum absolute atomic E-state index is 13.1. The molecule has 2 fully saturated rings. The molecular weight excluding hydrogens is 432 g/mol. The van der Waals surface area contributed by atoms with Gasteiger partial charge in [-0.1, -0.05) is 0 Å². The lowest BCUT2D eigenvalue weighted by molar-refractivity contribution is 0.0705. The molecule has 1 saturated carbocycles. The van der Waals surface area contributed by atoms with Crippen LogP contribution in [0.3, 0.4) is 0 Å². The average molecular weight is 461 g/mol. The van der Waals surface area contributed by atoms with Gasteiger partial charge in [-0.05, 0) is 50.3 Å². The Morgan fingerprint density at radius 1 is 1.03 bits per heavy atom. The molecule has 1 aliphatic carbocycles. The van der Waals surface area contributed by atoms with Gasteiger partial charge in [0.05, 0.1) is 12.8 Å². The fourth-order valence-electron chi connectivity index (χ4n) is 4.32. The Hall–Kier alpha value is -3.75. The molecule has 0 aromatic carbocycles. The number of likely N-dealkylation sites (tertiary alicyclic amines) is 1. The second-order valence-corrected chi connectivity index (χ2v) is 8.78. The molecule has 5 rings (SSSR count). The Balaban J connectivity index is 1.25. The fraction of sp³-hybridized carbons (Fsp3) is 0.400. The van der Waals surface area contributed by atoms with E-state index in [1.165, 1.54) is 6.42 Å². The summed E-state index contributed by atoms with van der Waals surface area (Å²) < 4.78 is 11.4. The van der Waals surface area contributed by atoms with Crippen LogP contribution in [0.2, 0.25) is 0 Å². The van der Waals surface area contributed by atoms with Crippen molar-refractivity contribution in [3.05, 3.63) is 54.1 Å². The molecule has 176 valence electrons. The Kier molecular flexibility index (Phi) is 6.24. The standard InChI is InChI=1S/C25H28N6O3/c1-33-22-13-21(25(32)31-11-9-16(10-12-31)20-6-7-23(26)30-29-20)27-15-19(22)17-5-8-24(28-14-17)34-18-3-2-4-18/h5-8,13-16,18H,2-4,9-12H2,1H3,(H2,26,30). The highest BCUT2D eigenvalue weighted by molar-refractivity contribution is 5.93. The van der Waals surface area contributed by atoms with Crippen LogP contribution in [-0.4, -0.2) is 57.3 Å². The summed E-state index contributed by atoms with van der Waals surface area (Å²) in [5, 5.41) is 8.14. The van der Waals surface area contributed by atoms with Gasteiger partial charge >= 0.3 is 0 Å². The molecule has 3 aromatic heterocycles. The maximum Gasteiger partial charge on any atom is 0.272 e. The first-order chi connectivity index (χ1) is 16.6. The molecule has 0 radical (unpaired) electrons. The summed E-state index contributed by atoms with van der Waals surface area (Å²) >= 11 is 0. The molecule has 0 atom stereocenters. The number of nitrogens with zero attached hydrogens (tertiary/aromatic N) is 5. The van der Waals surface area contributed by atoms with E-state index in [2.05, 4.69) is 20.2 Å². The van der Waals surface area contributed by atoms with Crippen molar-refractivity contribution in [1.82, 2.24) is 25.1 Å². The van der Waals surface area contributed by atoms with Crippen LogP contribution < -0.4 is 15.2 Å². The smallest absolute Gasteiger partial charge is 0.272 e. The number of ether oxygens (including phenoxy) is 2. The van der Waals surface area contributed by atoms with Crippen molar-refractivity contribution in [2.45, 2.75) is 44.1 Å². The zero-order valence-corrected chi connectivity index (χ0v) is 19.2. The number of carbonyl (C=O) groups is 1. The first-order valence-corrected chi connectivity index (χ1v) is 11.7. The van der Waals surface area contributed by atoms with Gasteiger partial charge in [-0.15, -0.1) is 5.10 Å². The minimum absolute atomic E-state index is 0.103. The van der Waals surface area contributed by atoms with E-state index in [-0.39, 0.29) is 17.9 Å². The van der Waals surface area contributed by atoms with Crippen molar-refractivity contribution in [2.75, 3.05) is 25.9 Å². The van der Waals surface area contributed by atoms with Crippen LogP contribution in [0.15, 0.2) is 42.7 Å². The Morgan fingerprint density at radius 3 is 2.47 bits per heavy atom. The van der Waals surface area contributed by atoms with Crippen molar-refractivity contribution >= 4 is 11.7 Å². The fourth-order valence-corrected chi connectivity index (χ4v) is 4.32. The SMILES string of the molecule is COc1cc(C(=O)N2CCC(c3ccc(N)nn3)CC2)ncc1-c1ccc(OC2CCC2)nc1. The molecule has 4 heterocycles. The van der Waals surface area contributed by atoms with Crippen LogP contribution in [0.25, 0.3) is 11.1 Å². The number of nitrogens with two attached hydrogens (primary N) is 1. The number of piperidine rings is 1. The number of methoxy groups -OCH3 is 1. The number of nitrogen functional groups attached to an aromatic ring is 1. The van der Waals surface area contributed by atoms with Crippen LogP contribution in [0, 0.1) is 0 Å². The lowest BCUT2D eigenvalue weighted by atomic mass is 9.93. The summed E-state index contributed by atoms with van der Waals surface area (Å²) in [6.45, 7) is 1.27. The average Bonchev–Trinajstić information content (AvgIpc) is 2.86. The zero-order chi connectivity index (χ0) is 23.5. The molecule has 0 unspecified atom stereocenters. The van der Waals surface area contributed by atoms with Gasteiger partial charge in [-0.2, -0.15) is 5.10 Å². The summed E-state index contributed by atoms with van der Waals surface area (Å²) in [6, 6.07) is 9.18. The van der Waals surface area contributed by atoms with E-state index < -0.39 is 0 Å². The molecule has 1 amide bonds. The second kappa shape index (κ2) is 9.62. The van der Waals surface area contributed by atoms with Gasteiger partial charge in [0.2, 0.25) is 5.88 Å². The molecule has 3 aromatic rings. The summed E-state index contributed by atoms with van der Waals surface area (Å²) in [6.07, 6.45) is 8.73. The zero-order valence-electron chi connectivity index (χ0n) is 19.2. The molecule has 2 N–H and O–H groups in total. The molecule has 0 bridgehead atoms. The van der Waals surface area contributed by atoms with Crippen LogP contribution in [-0.2, 0) is 0 Å². The van der Waals surface area contributed by atoms with Crippen molar-refractivity contribution in [1.29, 1.82) is 0 Å². The largest absolute Gasteiger partial charge is 0.496 e. The van der Waals surface area contributed by atoms with Gasteiger partial charge in [0.1, 0.15) is 23.4 Å². The summed E-state index contributed by atoms with van der Waals surface area (Å²) in [5.74, 6) is 1.79. The number of carbonyl (C=O) groups excluding carboxylic acids is 1. The number of aromatic nitrogens is 4. The summed E-state index contributed by atoms with van der Waals surface area (Å²) in [5.41, 5.74) is 8.55. The monoisotopic (exact) mass is 460 g/mol. The van der Waals surface area contributed by atoms with Gasteiger partial charge < -0.3 is 20.1 Å². The van der Waals surface area contributed by atoms with Gasteiger partial charge in [-0.3, -0.25) is 9.78 Å². The Labute approximate surface area is 198 Å². The number of hydrogen-bond acceptors (Lipinski definition) is 8. The predicted octanol–water partition coefficient (Wildman–Crippen LogP) is 3.48. The molecule has 9 heteroatoms. The molecule has 1 aliphatic heterocycles. The third-order valence-electron chi connectivity index (χ3n) is 6.60. The Bertz CT molecular complexity index is 1140. The highest BCUT2D eigenvalue weighted by atomic mass is 16.5. The Morgan fingerprint density at radius 2 is 1.85 bits per heavy atom. The van der Waals surface area contributed by atoms with E-state index in [0.29, 0.717) is 36.2 Å². The third-order valence-corrected chi connectivity index (χ3v) is 6.60. The lowest BCUT2D eigenvalue weighted by Crippen LogP contribution is -2.38. The van der Waals surface area contributed by atoms with Crippen LogP contribution >= 0.6 is 0 Å². The number of rotatable bonds is 6. The topological polar surface area (TPSA) is 116 Å². The quantitative estimate of drug-likeness (QED) is 0.594. The molecule has 2 aliphatic rings. The number of amides is 1. The first-order valence-electron chi connectivity index (χ1n) is 11.7. The summed E-state index contributed by atoms with van der Waals surface area (Å²) in [7, 11) is 1.59.